The van der Waals surface area contributed by atoms with Gasteiger partial charge >= 0.3 is 6.36 Å². The van der Waals surface area contributed by atoms with Crippen LogP contribution in [0.5, 0.6) is 5.75 Å². The highest BCUT2D eigenvalue weighted by molar-refractivity contribution is 5.31. The van der Waals surface area contributed by atoms with Crippen LogP contribution in [0.3, 0.4) is 0 Å². The molecule has 0 aromatic heterocycles. The maximum Gasteiger partial charge on any atom is 0.573 e. The summed E-state index contributed by atoms with van der Waals surface area (Å²) in [6.07, 6.45) is 8.55. The van der Waals surface area contributed by atoms with Gasteiger partial charge in [0.1, 0.15) is 0 Å². The number of halogens is 5. The lowest BCUT2D eigenvalue weighted by molar-refractivity contribution is -0.275. The van der Waals surface area contributed by atoms with E-state index in [1.54, 1.807) is 6.07 Å². The number of rotatable bonds is 6. The van der Waals surface area contributed by atoms with Crippen LogP contribution in [0.4, 0.5) is 22.0 Å². The molecular weight excluding hydrogens is 387 g/mol. The number of benzene rings is 1. The van der Waals surface area contributed by atoms with Gasteiger partial charge < -0.3 is 4.74 Å². The Bertz CT molecular complexity index is 668. The second-order valence-corrected chi connectivity index (χ2v) is 8.43. The van der Waals surface area contributed by atoms with Crippen molar-refractivity contribution in [3.8, 4) is 5.75 Å². The third-order valence-electron chi connectivity index (χ3n) is 6.59. The van der Waals surface area contributed by atoms with Crippen molar-refractivity contribution in [3.05, 3.63) is 41.7 Å². The molecule has 0 radical (unpaired) electrons. The highest BCUT2D eigenvalue weighted by atomic mass is 19.4. The molecule has 0 heterocycles. The summed E-state index contributed by atoms with van der Waals surface area (Å²) in [5, 5.41) is 0. The first kappa shape index (κ1) is 22.1. The number of ether oxygens (including phenoxy) is 1. The molecule has 29 heavy (non-hydrogen) atoms. The van der Waals surface area contributed by atoms with E-state index in [1.807, 2.05) is 6.08 Å². The van der Waals surface area contributed by atoms with Crippen molar-refractivity contribution in [2.75, 3.05) is 6.67 Å². The molecule has 0 bridgehead atoms. The summed E-state index contributed by atoms with van der Waals surface area (Å²) in [5.74, 6) is 0.448. The first-order valence-corrected chi connectivity index (χ1v) is 10.6. The fraction of sp³-hybridized carbons (Fsp3) is 0.652. The van der Waals surface area contributed by atoms with E-state index in [4.69, 9.17) is 0 Å². The Morgan fingerprint density at radius 2 is 1.55 bits per heavy atom. The van der Waals surface area contributed by atoms with Crippen molar-refractivity contribution in [3.63, 3.8) is 0 Å². The molecule has 0 saturated heterocycles. The zero-order valence-corrected chi connectivity index (χ0v) is 16.6. The van der Waals surface area contributed by atoms with Gasteiger partial charge in [-0.15, -0.1) is 13.2 Å². The summed E-state index contributed by atoms with van der Waals surface area (Å²) in [6.45, 7) is -0.295. The summed E-state index contributed by atoms with van der Waals surface area (Å²) in [7, 11) is 0. The summed E-state index contributed by atoms with van der Waals surface area (Å²) >= 11 is 0. The molecule has 6 heteroatoms. The third kappa shape index (κ3) is 6.45. The minimum Gasteiger partial charge on any atom is -0.403 e. The predicted molar refractivity (Wildman–Crippen MR) is 103 cm³/mol. The van der Waals surface area contributed by atoms with Crippen molar-refractivity contribution in [2.45, 2.75) is 70.1 Å². The zero-order chi connectivity index (χ0) is 20.9. The zero-order valence-electron chi connectivity index (χ0n) is 16.6. The highest BCUT2D eigenvalue weighted by Gasteiger charge is 2.33. The van der Waals surface area contributed by atoms with E-state index in [-0.39, 0.29) is 12.6 Å². The van der Waals surface area contributed by atoms with Crippen LogP contribution in [0.15, 0.2) is 30.4 Å². The summed E-state index contributed by atoms with van der Waals surface area (Å²) < 4.78 is 66.8. The van der Waals surface area contributed by atoms with E-state index in [0.29, 0.717) is 18.3 Å². The number of hydrogen-bond donors (Lipinski definition) is 0. The van der Waals surface area contributed by atoms with Crippen LogP contribution in [0.1, 0.15) is 69.3 Å². The van der Waals surface area contributed by atoms with Crippen LogP contribution >= 0.6 is 0 Å². The van der Waals surface area contributed by atoms with Gasteiger partial charge in [-0.1, -0.05) is 18.2 Å². The monoisotopic (exact) mass is 416 g/mol. The Kier molecular flexibility index (Phi) is 7.58. The van der Waals surface area contributed by atoms with Gasteiger partial charge in [0.05, 0.1) is 6.67 Å². The molecule has 162 valence electrons. The van der Waals surface area contributed by atoms with E-state index in [0.717, 1.165) is 43.2 Å². The third-order valence-corrected chi connectivity index (χ3v) is 6.59. The van der Waals surface area contributed by atoms with E-state index in [1.165, 1.54) is 31.7 Å². The van der Waals surface area contributed by atoms with Crippen molar-refractivity contribution < 1.29 is 26.7 Å². The molecule has 0 spiro atoms. The van der Waals surface area contributed by atoms with E-state index < -0.39 is 17.9 Å². The van der Waals surface area contributed by atoms with Crippen molar-refractivity contribution in [1.82, 2.24) is 0 Å². The number of allylic oxidation sites excluding steroid dienone is 2. The molecule has 2 aliphatic carbocycles. The van der Waals surface area contributed by atoms with Crippen molar-refractivity contribution >= 4 is 0 Å². The maximum absolute atomic E-state index is 14.0. The second-order valence-electron chi connectivity index (χ2n) is 8.43. The lowest BCUT2D eigenvalue weighted by atomic mass is 9.68. The maximum atomic E-state index is 14.0. The Labute approximate surface area is 169 Å². The lowest BCUT2D eigenvalue weighted by Crippen LogP contribution is -2.25. The van der Waals surface area contributed by atoms with Gasteiger partial charge in [-0.05, 0) is 99.2 Å². The first-order valence-electron chi connectivity index (χ1n) is 10.6. The molecule has 1 aromatic rings. The number of hydrogen-bond acceptors (Lipinski definition) is 1. The van der Waals surface area contributed by atoms with Crippen LogP contribution in [0, 0.1) is 23.6 Å². The second kappa shape index (κ2) is 9.94. The molecule has 2 aliphatic rings. The SMILES string of the molecule is FCCC=C[C@H]1CC[C@H]([C@H]2CC[C@H](c3ccc(OC(F)(F)F)c(F)c3)CC2)CC1. The van der Waals surface area contributed by atoms with E-state index in [9.17, 15) is 22.0 Å². The molecule has 0 amide bonds. The van der Waals surface area contributed by atoms with Crippen molar-refractivity contribution in [1.29, 1.82) is 0 Å². The molecule has 0 N–H and O–H groups in total. The minimum atomic E-state index is -4.89. The molecule has 3 rings (SSSR count). The predicted octanol–water partition coefficient (Wildman–Crippen LogP) is 7.72. The average molecular weight is 416 g/mol. The standard InChI is InChI=1S/C23H29F5O/c24-14-2-1-3-16-4-6-17(7-5-16)18-8-10-19(11-9-18)20-12-13-22(21(25)15-20)29-23(26,27)28/h1,3,12-13,15-19H,2,4-11,14H2/t16-,17-,18-,19-. The normalized spacial score (nSPS) is 28.6. The van der Waals surface area contributed by atoms with Crippen LogP contribution < -0.4 is 4.74 Å². The highest BCUT2D eigenvalue weighted by Crippen LogP contribution is 2.44. The minimum absolute atomic E-state index is 0.195. The van der Waals surface area contributed by atoms with E-state index >= 15 is 0 Å². The van der Waals surface area contributed by atoms with Gasteiger partial charge in [0.25, 0.3) is 0 Å². The molecule has 2 saturated carbocycles. The van der Waals surface area contributed by atoms with Crippen molar-refractivity contribution in [2.24, 2.45) is 17.8 Å². The van der Waals surface area contributed by atoms with Gasteiger partial charge in [-0.25, -0.2) is 4.39 Å². The summed E-state index contributed by atoms with van der Waals surface area (Å²) in [5.41, 5.74) is 0.761. The Morgan fingerprint density at radius 1 is 0.931 bits per heavy atom. The molecule has 0 aliphatic heterocycles. The van der Waals surface area contributed by atoms with Crippen LogP contribution in [-0.4, -0.2) is 13.0 Å². The topological polar surface area (TPSA) is 9.23 Å². The molecule has 1 aromatic carbocycles. The summed E-state index contributed by atoms with van der Waals surface area (Å²) in [6, 6.07) is 3.84. The van der Waals surface area contributed by atoms with Crippen LogP contribution in [0.25, 0.3) is 0 Å². The number of alkyl halides is 4. The van der Waals surface area contributed by atoms with Gasteiger partial charge in [0, 0.05) is 0 Å². The molecular formula is C23H29F5O. The lowest BCUT2D eigenvalue weighted by Gasteiger charge is -2.37. The van der Waals surface area contributed by atoms with Crippen LogP contribution in [0.2, 0.25) is 0 Å². The fourth-order valence-electron chi connectivity index (χ4n) is 5.06. The van der Waals surface area contributed by atoms with Gasteiger partial charge in [-0.2, -0.15) is 0 Å². The molecule has 0 atom stereocenters. The van der Waals surface area contributed by atoms with Gasteiger partial charge in [0.2, 0.25) is 0 Å². The molecule has 1 nitrogen and oxygen atoms in total. The Balaban J connectivity index is 1.48. The van der Waals surface area contributed by atoms with Crippen LogP contribution in [-0.2, 0) is 0 Å². The average Bonchev–Trinajstić information content (AvgIpc) is 2.69. The largest absolute Gasteiger partial charge is 0.573 e. The fourth-order valence-corrected chi connectivity index (χ4v) is 5.06. The van der Waals surface area contributed by atoms with E-state index in [2.05, 4.69) is 10.8 Å². The smallest absolute Gasteiger partial charge is 0.403 e. The Hall–Kier alpha value is -1.59. The van der Waals surface area contributed by atoms with Gasteiger partial charge in [-0.3, -0.25) is 4.39 Å². The first-order chi connectivity index (χ1) is 13.9. The molecule has 0 unspecified atom stereocenters. The quantitative estimate of drug-likeness (QED) is 0.341. The Morgan fingerprint density at radius 3 is 2.10 bits per heavy atom. The molecule has 2 fully saturated rings. The van der Waals surface area contributed by atoms with Gasteiger partial charge in [0.15, 0.2) is 11.6 Å². The summed E-state index contributed by atoms with van der Waals surface area (Å²) in [4.78, 5) is 0.